The van der Waals surface area contributed by atoms with Crippen LogP contribution in [-0.2, 0) is 11.2 Å². The van der Waals surface area contributed by atoms with E-state index >= 15 is 0 Å². The van der Waals surface area contributed by atoms with Crippen molar-refractivity contribution in [3.8, 4) is 11.3 Å². The van der Waals surface area contributed by atoms with Crippen LogP contribution < -0.4 is 5.73 Å². The zero-order valence-corrected chi connectivity index (χ0v) is 14.8. The Morgan fingerprint density at radius 3 is 2.78 bits per heavy atom. The second-order valence-corrected chi connectivity index (χ2v) is 6.51. The van der Waals surface area contributed by atoms with Crippen LogP contribution in [0.2, 0.25) is 0 Å². The van der Waals surface area contributed by atoms with Gasteiger partial charge < -0.3 is 15.2 Å². The molecule has 0 bridgehead atoms. The Balaban J connectivity index is 1.78. The number of aryl methyl sites for hydroxylation is 1. The third-order valence-electron chi connectivity index (χ3n) is 4.87. The Bertz CT molecular complexity index is 1010. The van der Waals surface area contributed by atoms with Gasteiger partial charge in [-0.25, -0.2) is 0 Å². The van der Waals surface area contributed by atoms with Gasteiger partial charge in [0.05, 0.1) is 0 Å². The van der Waals surface area contributed by atoms with E-state index in [9.17, 15) is 9.59 Å². The van der Waals surface area contributed by atoms with E-state index in [0.29, 0.717) is 30.0 Å². The standard InChI is InChI=1S/C21H18N3O3/c1-13-17(18(23-27-13)15-8-3-2-4-9-15)21(26)24-12-11-14-7-5-6-10-16(14)19(24)20(22)25/h2-4,6-10,19H,11-12H2,1H3,(H2,22,25). The number of nitrogens with zero attached hydrogens (tertiary/aromatic N) is 2. The van der Waals surface area contributed by atoms with Gasteiger partial charge in [0, 0.05) is 12.1 Å². The van der Waals surface area contributed by atoms with Crippen LogP contribution in [-0.4, -0.2) is 28.4 Å². The molecular formula is C21H18N3O3. The number of carbonyl (C=O) groups excluding carboxylic acids is 2. The molecule has 4 rings (SSSR count). The van der Waals surface area contributed by atoms with E-state index < -0.39 is 11.9 Å². The molecule has 2 N–H and O–H groups in total. The lowest BCUT2D eigenvalue weighted by molar-refractivity contribution is -0.123. The van der Waals surface area contributed by atoms with Gasteiger partial charge >= 0.3 is 0 Å². The molecule has 2 heterocycles. The van der Waals surface area contributed by atoms with Gasteiger partial charge in [-0.1, -0.05) is 53.7 Å². The highest BCUT2D eigenvalue weighted by Crippen LogP contribution is 2.33. The molecule has 135 valence electrons. The van der Waals surface area contributed by atoms with Crippen LogP contribution in [0.25, 0.3) is 11.3 Å². The van der Waals surface area contributed by atoms with Crippen molar-refractivity contribution in [1.29, 1.82) is 0 Å². The monoisotopic (exact) mass is 360 g/mol. The third kappa shape index (κ3) is 2.89. The fraction of sp³-hybridized carbons (Fsp3) is 0.190. The smallest absolute Gasteiger partial charge is 0.260 e. The van der Waals surface area contributed by atoms with Crippen molar-refractivity contribution in [3.05, 3.63) is 77.0 Å². The lowest BCUT2D eigenvalue weighted by Crippen LogP contribution is -2.46. The van der Waals surface area contributed by atoms with Gasteiger partial charge in [0.15, 0.2) is 0 Å². The molecule has 0 fully saturated rings. The summed E-state index contributed by atoms with van der Waals surface area (Å²) >= 11 is 0. The summed E-state index contributed by atoms with van der Waals surface area (Å²) in [5.74, 6) is -0.463. The fourth-order valence-corrected chi connectivity index (χ4v) is 3.58. The van der Waals surface area contributed by atoms with Gasteiger partial charge in [-0.15, -0.1) is 0 Å². The Morgan fingerprint density at radius 2 is 2.04 bits per heavy atom. The summed E-state index contributed by atoms with van der Waals surface area (Å²) in [5.41, 5.74) is 9.00. The first kappa shape index (κ1) is 17.0. The van der Waals surface area contributed by atoms with E-state index in [4.69, 9.17) is 10.3 Å². The summed E-state index contributed by atoms with van der Waals surface area (Å²) in [5, 5.41) is 4.07. The first-order valence-corrected chi connectivity index (χ1v) is 8.68. The highest BCUT2D eigenvalue weighted by molar-refractivity contribution is 6.03. The Morgan fingerprint density at radius 1 is 1.26 bits per heavy atom. The maximum Gasteiger partial charge on any atom is 0.260 e. The molecule has 6 nitrogen and oxygen atoms in total. The van der Waals surface area contributed by atoms with Gasteiger partial charge in [-0.2, -0.15) is 0 Å². The number of hydrogen-bond donors (Lipinski definition) is 1. The van der Waals surface area contributed by atoms with Gasteiger partial charge in [-0.05, 0) is 30.5 Å². The molecule has 1 unspecified atom stereocenters. The summed E-state index contributed by atoms with van der Waals surface area (Å²) in [6.07, 6.45) is 0.632. The number of amides is 2. The summed E-state index contributed by atoms with van der Waals surface area (Å²) in [4.78, 5) is 27.1. The number of carbonyl (C=O) groups is 2. The second-order valence-electron chi connectivity index (χ2n) is 6.51. The number of rotatable bonds is 3. The van der Waals surface area contributed by atoms with Crippen molar-refractivity contribution < 1.29 is 14.1 Å². The molecule has 2 amide bonds. The molecule has 2 aromatic carbocycles. The van der Waals surface area contributed by atoms with Crippen LogP contribution in [0.1, 0.15) is 33.3 Å². The van der Waals surface area contributed by atoms with E-state index in [-0.39, 0.29) is 5.91 Å². The van der Waals surface area contributed by atoms with E-state index in [1.807, 2.05) is 36.4 Å². The van der Waals surface area contributed by atoms with Crippen LogP contribution >= 0.6 is 0 Å². The van der Waals surface area contributed by atoms with Crippen LogP contribution in [0, 0.1) is 13.0 Å². The molecule has 1 aliphatic rings. The topological polar surface area (TPSA) is 89.4 Å². The van der Waals surface area contributed by atoms with Crippen molar-refractivity contribution in [2.75, 3.05) is 6.54 Å². The Hall–Kier alpha value is -3.41. The SMILES string of the molecule is Cc1onc(-c2ccccc2)c1C(=O)N1CCc2c[c]ccc2C1C(N)=O. The third-order valence-corrected chi connectivity index (χ3v) is 4.87. The molecule has 0 aliphatic carbocycles. The minimum atomic E-state index is -0.825. The average molecular weight is 360 g/mol. The zero-order chi connectivity index (χ0) is 19.0. The highest BCUT2D eigenvalue weighted by atomic mass is 16.5. The van der Waals surface area contributed by atoms with Crippen LogP contribution in [0.5, 0.6) is 0 Å². The average Bonchev–Trinajstić information content (AvgIpc) is 3.08. The molecule has 27 heavy (non-hydrogen) atoms. The van der Waals surface area contributed by atoms with Crippen LogP contribution in [0.15, 0.2) is 53.1 Å². The summed E-state index contributed by atoms with van der Waals surface area (Å²) in [6.45, 7) is 2.08. The second kappa shape index (κ2) is 6.72. The predicted molar refractivity (Wildman–Crippen MR) is 98.6 cm³/mol. The number of benzene rings is 2. The zero-order valence-electron chi connectivity index (χ0n) is 14.8. The van der Waals surface area contributed by atoms with Gasteiger partial charge in [0.25, 0.3) is 5.91 Å². The lowest BCUT2D eigenvalue weighted by atomic mass is 9.91. The number of primary amides is 1. The van der Waals surface area contributed by atoms with E-state index in [0.717, 1.165) is 16.7 Å². The van der Waals surface area contributed by atoms with Gasteiger partial charge in [0.1, 0.15) is 23.1 Å². The number of aromatic nitrogens is 1. The number of fused-ring (bicyclic) bond motifs is 1. The number of nitrogens with two attached hydrogens (primary N) is 1. The van der Waals surface area contributed by atoms with Crippen molar-refractivity contribution in [2.45, 2.75) is 19.4 Å². The molecule has 1 aliphatic heterocycles. The number of hydrogen-bond acceptors (Lipinski definition) is 4. The fourth-order valence-electron chi connectivity index (χ4n) is 3.58. The van der Waals surface area contributed by atoms with E-state index in [1.54, 1.807) is 19.1 Å². The Labute approximate surface area is 156 Å². The molecule has 3 aromatic rings. The molecule has 0 spiro atoms. The first-order valence-electron chi connectivity index (χ1n) is 8.68. The minimum absolute atomic E-state index is 0.310. The first-order chi connectivity index (χ1) is 13.1. The summed E-state index contributed by atoms with van der Waals surface area (Å²) in [7, 11) is 0. The molecule has 1 aromatic heterocycles. The lowest BCUT2D eigenvalue weighted by Gasteiger charge is -2.35. The van der Waals surface area contributed by atoms with E-state index in [2.05, 4.69) is 11.2 Å². The highest BCUT2D eigenvalue weighted by Gasteiger charge is 2.37. The van der Waals surface area contributed by atoms with Gasteiger partial charge in [0.2, 0.25) is 5.91 Å². The van der Waals surface area contributed by atoms with Crippen molar-refractivity contribution in [2.24, 2.45) is 5.73 Å². The molecule has 1 radical (unpaired) electrons. The maximum absolute atomic E-state index is 13.4. The largest absolute Gasteiger partial charge is 0.368 e. The van der Waals surface area contributed by atoms with Crippen LogP contribution in [0.4, 0.5) is 0 Å². The molecule has 0 saturated carbocycles. The van der Waals surface area contributed by atoms with Crippen LogP contribution in [0.3, 0.4) is 0 Å². The minimum Gasteiger partial charge on any atom is -0.368 e. The maximum atomic E-state index is 13.4. The van der Waals surface area contributed by atoms with Crippen molar-refractivity contribution in [1.82, 2.24) is 10.1 Å². The van der Waals surface area contributed by atoms with E-state index in [1.165, 1.54) is 4.90 Å². The van der Waals surface area contributed by atoms with Crippen molar-refractivity contribution >= 4 is 11.8 Å². The molecular weight excluding hydrogens is 342 g/mol. The normalized spacial score (nSPS) is 16.0. The Kier molecular flexibility index (Phi) is 4.24. The molecule has 6 heteroatoms. The predicted octanol–water partition coefficient (Wildman–Crippen LogP) is 2.68. The molecule has 0 saturated heterocycles. The molecule has 1 atom stereocenters. The summed E-state index contributed by atoms with van der Waals surface area (Å²) < 4.78 is 5.31. The quantitative estimate of drug-likeness (QED) is 0.778. The van der Waals surface area contributed by atoms with Gasteiger partial charge in [-0.3, -0.25) is 9.59 Å². The summed E-state index contributed by atoms with van der Waals surface area (Å²) in [6, 6.07) is 16.9. The van der Waals surface area contributed by atoms with Crippen molar-refractivity contribution in [3.63, 3.8) is 0 Å².